The molecule has 5 heteroatoms. The predicted octanol–water partition coefficient (Wildman–Crippen LogP) is 3.10. The van der Waals surface area contributed by atoms with Gasteiger partial charge in [0.1, 0.15) is 0 Å². The second kappa shape index (κ2) is 10.3. The summed E-state index contributed by atoms with van der Waals surface area (Å²) < 4.78 is 28.5. The van der Waals surface area contributed by atoms with Crippen molar-refractivity contribution in [1.29, 1.82) is 0 Å². The van der Waals surface area contributed by atoms with Gasteiger partial charge in [0.2, 0.25) is 0 Å². The van der Waals surface area contributed by atoms with Crippen molar-refractivity contribution in [1.82, 2.24) is 0 Å². The van der Waals surface area contributed by atoms with Crippen LogP contribution in [0.3, 0.4) is 0 Å². The third-order valence-corrected chi connectivity index (χ3v) is 22.8. The van der Waals surface area contributed by atoms with Crippen molar-refractivity contribution in [3.05, 3.63) is 97.1 Å². The van der Waals surface area contributed by atoms with E-state index in [9.17, 15) is 0 Å². The molecule has 0 aliphatic heterocycles. The van der Waals surface area contributed by atoms with Crippen LogP contribution in [0.5, 0.6) is 23.0 Å². The van der Waals surface area contributed by atoms with Crippen LogP contribution in [0.2, 0.25) is 0 Å². The molecule has 4 aromatic rings. The zero-order chi connectivity index (χ0) is 23.3. The van der Waals surface area contributed by atoms with Crippen molar-refractivity contribution < 1.29 is 18.9 Å². The van der Waals surface area contributed by atoms with E-state index in [-0.39, 0.29) is 0 Å². The Morgan fingerprint density at radius 3 is 0.788 bits per heavy atom. The summed E-state index contributed by atoms with van der Waals surface area (Å²) in [5.41, 5.74) is 0. The number of rotatable bonds is 8. The number of para-hydroxylation sites is 4. The Morgan fingerprint density at radius 2 is 0.576 bits per heavy atom. The summed E-state index contributed by atoms with van der Waals surface area (Å²) in [5, 5.41) is 0. The molecule has 33 heavy (non-hydrogen) atoms. The average Bonchev–Trinajstić information content (AvgIpc) is 2.90. The standard InChI is InChI=1S/4C7H7O.Bi/c4*1-8-7-5-3-2-4-6-7;/h4*2-5H,1H3;. The Balaban J connectivity index is 2.30. The van der Waals surface area contributed by atoms with Gasteiger partial charge >= 0.3 is 201 Å². The molecule has 4 rings (SSSR count). The van der Waals surface area contributed by atoms with Gasteiger partial charge in [-0.15, -0.1) is 0 Å². The first-order valence-corrected chi connectivity index (χ1v) is 17.6. The molecule has 1 radical (unpaired) electrons. The van der Waals surface area contributed by atoms with E-state index >= 15 is 0 Å². The van der Waals surface area contributed by atoms with Gasteiger partial charge in [0.15, 0.2) is 0 Å². The summed E-state index contributed by atoms with van der Waals surface area (Å²) in [6.07, 6.45) is 0. The Labute approximate surface area is 200 Å². The van der Waals surface area contributed by atoms with Crippen LogP contribution in [-0.4, -0.2) is 48.7 Å². The van der Waals surface area contributed by atoms with Gasteiger partial charge in [-0.2, -0.15) is 0 Å². The minimum atomic E-state index is -4.27. The van der Waals surface area contributed by atoms with Crippen LogP contribution in [0.25, 0.3) is 0 Å². The molecular formula is C28H28BiO4. The second-order valence-corrected chi connectivity index (χ2v) is 20.1. The van der Waals surface area contributed by atoms with Gasteiger partial charge < -0.3 is 0 Å². The maximum absolute atomic E-state index is 5.97. The normalized spacial score (nSPS) is 11.0. The molecule has 0 N–H and O–H groups in total. The molecule has 0 saturated carbocycles. The monoisotopic (exact) mass is 637 g/mol. The molecule has 4 aromatic carbocycles. The summed E-state index contributed by atoms with van der Waals surface area (Å²) in [4.78, 5) is 0. The molecule has 4 nitrogen and oxygen atoms in total. The fourth-order valence-corrected chi connectivity index (χ4v) is 23.0. The number of ether oxygens (including phenoxy) is 4. The zero-order valence-electron chi connectivity index (χ0n) is 19.3. The van der Waals surface area contributed by atoms with E-state index < -0.39 is 20.3 Å². The van der Waals surface area contributed by atoms with Gasteiger partial charge in [-0.1, -0.05) is 0 Å². The summed E-state index contributed by atoms with van der Waals surface area (Å²) >= 11 is -4.27. The minimum absolute atomic E-state index is 0.846. The van der Waals surface area contributed by atoms with Crippen molar-refractivity contribution in [2.24, 2.45) is 0 Å². The van der Waals surface area contributed by atoms with Crippen LogP contribution in [0, 0.1) is 0 Å². The molecule has 0 bridgehead atoms. The van der Waals surface area contributed by atoms with Crippen molar-refractivity contribution in [2.75, 3.05) is 28.4 Å². The summed E-state index contributed by atoms with van der Waals surface area (Å²) in [6.45, 7) is 0. The van der Waals surface area contributed by atoms with Crippen LogP contribution in [-0.2, 0) is 0 Å². The first-order chi connectivity index (χ1) is 16.2. The Bertz CT molecular complexity index is 1040. The van der Waals surface area contributed by atoms with Crippen LogP contribution in [0.1, 0.15) is 0 Å². The molecule has 0 saturated heterocycles. The van der Waals surface area contributed by atoms with Gasteiger partial charge in [0, 0.05) is 0 Å². The van der Waals surface area contributed by atoms with Crippen LogP contribution in [0.15, 0.2) is 97.1 Å². The molecule has 0 spiro atoms. The number of methoxy groups -OCH3 is 4. The predicted molar refractivity (Wildman–Crippen MR) is 136 cm³/mol. The summed E-state index contributed by atoms with van der Waals surface area (Å²) in [5.74, 6) is 3.38. The SMILES string of the molecule is COc1cccc[c]1[Bi]([c]1ccccc1OC)([c]1ccccc1OC)[c]1ccccc1OC. The third-order valence-electron chi connectivity index (χ3n) is 5.79. The quantitative estimate of drug-likeness (QED) is 0.279. The molecule has 0 unspecified atom stereocenters. The molecular weight excluding hydrogens is 609 g/mol. The molecule has 0 aliphatic rings. The van der Waals surface area contributed by atoms with Crippen LogP contribution >= 0.6 is 0 Å². The molecule has 169 valence electrons. The topological polar surface area (TPSA) is 36.9 Å². The molecule has 0 aliphatic carbocycles. The van der Waals surface area contributed by atoms with Gasteiger partial charge in [-0.3, -0.25) is 0 Å². The average molecular weight is 638 g/mol. The molecule has 0 atom stereocenters. The van der Waals surface area contributed by atoms with E-state index in [1.54, 1.807) is 28.4 Å². The van der Waals surface area contributed by atoms with Crippen molar-refractivity contribution >= 4 is 33.4 Å². The van der Waals surface area contributed by atoms with Crippen LogP contribution < -0.4 is 32.0 Å². The first-order valence-electron chi connectivity index (χ1n) is 10.7. The van der Waals surface area contributed by atoms with Gasteiger partial charge in [0.05, 0.1) is 0 Å². The molecule has 0 heterocycles. The van der Waals surface area contributed by atoms with Crippen LogP contribution in [0.4, 0.5) is 0 Å². The summed E-state index contributed by atoms with van der Waals surface area (Å²) in [6, 6.07) is 33.2. The molecule has 0 aromatic heterocycles. The van der Waals surface area contributed by atoms with E-state index in [0.717, 1.165) is 23.0 Å². The van der Waals surface area contributed by atoms with Gasteiger partial charge in [0.25, 0.3) is 0 Å². The van der Waals surface area contributed by atoms with Crippen molar-refractivity contribution in [3.8, 4) is 23.0 Å². The fourth-order valence-electron chi connectivity index (χ4n) is 4.41. The van der Waals surface area contributed by atoms with Crippen molar-refractivity contribution in [3.63, 3.8) is 0 Å². The number of hydrogen-bond donors (Lipinski definition) is 0. The second-order valence-electron chi connectivity index (χ2n) is 7.36. The van der Waals surface area contributed by atoms with E-state index in [1.807, 2.05) is 48.5 Å². The number of hydrogen-bond acceptors (Lipinski definition) is 4. The Morgan fingerprint density at radius 1 is 0.364 bits per heavy atom. The van der Waals surface area contributed by atoms with E-state index in [0.29, 0.717) is 0 Å². The Kier molecular flexibility index (Phi) is 7.20. The first kappa shape index (κ1) is 23.1. The summed E-state index contributed by atoms with van der Waals surface area (Å²) in [7, 11) is 6.90. The fraction of sp³-hybridized carbons (Fsp3) is 0.143. The Hall–Kier alpha value is -3.04. The number of benzene rings is 4. The van der Waals surface area contributed by atoms with Gasteiger partial charge in [-0.25, -0.2) is 0 Å². The molecule has 0 amide bonds. The van der Waals surface area contributed by atoms with E-state index in [2.05, 4.69) is 48.5 Å². The van der Waals surface area contributed by atoms with E-state index in [1.165, 1.54) is 13.1 Å². The van der Waals surface area contributed by atoms with E-state index in [4.69, 9.17) is 18.9 Å². The third kappa shape index (κ3) is 3.96. The van der Waals surface area contributed by atoms with Crippen molar-refractivity contribution in [2.45, 2.75) is 0 Å². The maximum atomic E-state index is 5.97. The zero-order valence-corrected chi connectivity index (χ0v) is 22.8. The molecule has 0 fully saturated rings. The van der Waals surface area contributed by atoms with Gasteiger partial charge in [-0.05, 0) is 0 Å².